The van der Waals surface area contributed by atoms with Gasteiger partial charge in [-0.2, -0.15) is 0 Å². The molecule has 1 unspecified atom stereocenters. The predicted octanol–water partition coefficient (Wildman–Crippen LogP) is 3.04. The largest absolute Gasteiger partial charge is 0.481 e. The highest BCUT2D eigenvalue weighted by Gasteiger charge is 2.16. The van der Waals surface area contributed by atoms with Gasteiger partial charge < -0.3 is 15.3 Å². The van der Waals surface area contributed by atoms with Crippen molar-refractivity contribution in [2.24, 2.45) is 0 Å². The van der Waals surface area contributed by atoms with Gasteiger partial charge in [-0.05, 0) is 18.6 Å². The van der Waals surface area contributed by atoms with E-state index in [1.165, 1.54) is 0 Å². The van der Waals surface area contributed by atoms with Gasteiger partial charge in [-0.1, -0.05) is 48.5 Å². The van der Waals surface area contributed by atoms with Crippen molar-refractivity contribution in [2.75, 3.05) is 0 Å². The van der Waals surface area contributed by atoms with Crippen molar-refractivity contribution in [3.8, 4) is 0 Å². The first-order valence-electron chi connectivity index (χ1n) is 8.08. The highest BCUT2D eigenvalue weighted by Crippen LogP contribution is 2.18. The first-order chi connectivity index (χ1) is 12.7. The molecule has 0 aliphatic carbocycles. The number of carbonyl (C=O) groups is 4. The van der Waals surface area contributed by atoms with Crippen LogP contribution in [0.2, 0.25) is 0 Å². The maximum atomic E-state index is 12.2. The van der Waals surface area contributed by atoms with Crippen molar-refractivity contribution in [1.29, 1.82) is 0 Å². The molecule has 7 heteroatoms. The van der Waals surface area contributed by atoms with Crippen LogP contribution in [0.1, 0.15) is 47.2 Å². The lowest BCUT2D eigenvalue weighted by molar-refractivity contribution is -0.143. The van der Waals surface area contributed by atoms with Crippen LogP contribution in [0, 0.1) is 0 Å². The molecule has 7 nitrogen and oxygen atoms in total. The Hall–Kier alpha value is -3.48. The molecule has 0 heterocycles. The fraction of sp³-hybridized carbons (Fsp3) is 0.200. The Labute approximate surface area is 155 Å². The second-order valence-electron chi connectivity index (χ2n) is 5.67. The van der Waals surface area contributed by atoms with E-state index in [1.807, 2.05) is 6.07 Å². The topological polar surface area (TPSA) is 129 Å². The van der Waals surface area contributed by atoms with Crippen LogP contribution in [0.15, 0.2) is 54.6 Å². The summed E-state index contributed by atoms with van der Waals surface area (Å²) in [5.74, 6) is -3.77. The Morgan fingerprint density at radius 3 is 1.78 bits per heavy atom. The monoisotopic (exact) mass is 372 g/mol. The van der Waals surface area contributed by atoms with Crippen LogP contribution < -0.4 is 0 Å². The molecule has 27 heavy (non-hydrogen) atoms. The zero-order valence-electron chi connectivity index (χ0n) is 14.7. The van der Waals surface area contributed by atoms with E-state index in [4.69, 9.17) is 15.3 Å². The lowest BCUT2D eigenvalue weighted by Crippen LogP contribution is -2.09. The Morgan fingerprint density at radius 2 is 1.30 bits per heavy atom. The highest BCUT2D eigenvalue weighted by atomic mass is 16.4. The van der Waals surface area contributed by atoms with E-state index in [1.54, 1.807) is 55.5 Å². The van der Waals surface area contributed by atoms with Gasteiger partial charge in [0.15, 0.2) is 5.78 Å². The minimum atomic E-state index is -1.08. The molecule has 0 spiro atoms. The van der Waals surface area contributed by atoms with Crippen molar-refractivity contribution in [2.45, 2.75) is 25.7 Å². The van der Waals surface area contributed by atoms with Gasteiger partial charge in [0.1, 0.15) is 0 Å². The van der Waals surface area contributed by atoms with Crippen LogP contribution in [-0.4, -0.2) is 39.0 Å². The summed E-state index contributed by atoms with van der Waals surface area (Å²) in [7, 11) is 0. The Bertz CT molecular complexity index is 798. The van der Waals surface area contributed by atoms with Crippen LogP contribution in [-0.2, 0) is 14.4 Å². The molecule has 2 aromatic carbocycles. The molecule has 0 radical (unpaired) electrons. The summed E-state index contributed by atoms with van der Waals surface area (Å²) in [6, 6.07) is 15.7. The molecule has 0 aliphatic rings. The molecule has 0 fully saturated rings. The number of hydrogen-bond donors (Lipinski definition) is 3. The molecule has 0 aromatic heterocycles. The van der Waals surface area contributed by atoms with Crippen molar-refractivity contribution >= 4 is 23.7 Å². The average molecular weight is 372 g/mol. The average Bonchev–Trinajstić information content (AvgIpc) is 2.66. The Balaban J connectivity index is 0.000000387. The zero-order valence-corrected chi connectivity index (χ0v) is 14.7. The van der Waals surface area contributed by atoms with Gasteiger partial charge in [-0.3, -0.25) is 19.2 Å². The van der Waals surface area contributed by atoms with Crippen molar-refractivity contribution in [3.63, 3.8) is 0 Å². The Kier molecular flexibility index (Phi) is 8.38. The van der Waals surface area contributed by atoms with E-state index in [2.05, 4.69) is 0 Å². The van der Waals surface area contributed by atoms with Gasteiger partial charge in [-0.15, -0.1) is 0 Å². The van der Waals surface area contributed by atoms with Gasteiger partial charge in [0.2, 0.25) is 0 Å². The number of ketones is 1. The fourth-order valence-corrected chi connectivity index (χ4v) is 2.06. The molecule has 0 bridgehead atoms. The van der Waals surface area contributed by atoms with Crippen LogP contribution in [0.5, 0.6) is 0 Å². The summed E-state index contributed by atoms with van der Waals surface area (Å²) in [5, 5.41) is 24.8. The molecule has 2 aromatic rings. The summed E-state index contributed by atoms with van der Waals surface area (Å²) in [5.41, 5.74) is 1.74. The maximum Gasteiger partial charge on any atom is 0.310 e. The molecule has 0 saturated heterocycles. The second kappa shape index (κ2) is 10.5. The SMILES string of the molecule is CC(C(=O)O)c1cccc(C(=O)c2ccccc2)c1.O=C(O)CCC(=O)O. The second-order valence-corrected chi connectivity index (χ2v) is 5.67. The third kappa shape index (κ3) is 7.52. The molecule has 0 saturated carbocycles. The molecular weight excluding hydrogens is 352 g/mol. The van der Waals surface area contributed by atoms with Gasteiger partial charge in [0.25, 0.3) is 0 Å². The minimum absolute atomic E-state index is 0.0972. The lowest BCUT2D eigenvalue weighted by Gasteiger charge is -2.08. The number of carboxylic acid groups (broad SMARTS) is 3. The molecule has 0 aliphatic heterocycles. The van der Waals surface area contributed by atoms with E-state index in [0.29, 0.717) is 16.7 Å². The van der Waals surface area contributed by atoms with Crippen LogP contribution >= 0.6 is 0 Å². The summed E-state index contributed by atoms with van der Waals surface area (Å²) in [6.45, 7) is 1.61. The van der Waals surface area contributed by atoms with E-state index in [0.717, 1.165) is 0 Å². The molecule has 2 rings (SSSR count). The predicted molar refractivity (Wildman–Crippen MR) is 96.9 cm³/mol. The summed E-state index contributed by atoms with van der Waals surface area (Å²) in [6.07, 6.45) is -0.593. The fourth-order valence-electron chi connectivity index (χ4n) is 2.06. The smallest absolute Gasteiger partial charge is 0.310 e. The number of benzene rings is 2. The highest BCUT2D eigenvalue weighted by molar-refractivity contribution is 6.09. The summed E-state index contributed by atoms with van der Waals surface area (Å²) in [4.78, 5) is 42.5. The van der Waals surface area contributed by atoms with Crippen LogP contribution in [0.25, 0.3) is 0 Å². The van der Waals surface area contributed by atoms with E-state index < -0.39 is 23.8 Å². The summed E-state index contributed by atoms with van der Waals surface area (Å²) >= 11 is 0. The zero-order chi connectivity index (χ0) is 20.4. The minimum Gasteiger partial charge on any atom is -0.481 e. The van der Waals surface area contributed by atoms with E-state index in [9.17, 15) is 19.2 Å². The summed E-state index contributed by atoms with van der Waals surface area (Å²) < 4.78 is 0. The molecule has 3 N–H and O–H groups in total. The molecule has 0 amide bonds. The molecule has 142 valence electrons. The number of aliphatic carboxylic acids is 3. The van der Waals surface area contributed by atoms with Gasteiger partial charge in [-0.25, -0.2) is 0 Å². The maximum absolute atomic E-state index is 12.2. The molecule has 1 atom stereocenters. The van der Waals surface area contributed by atoms with Crippen LogP contribution in [0.4, 0.5) is 0 Å². The Morgan fingerprint density at radius 1 is 0.778 bits per heavy atom. The lowest BCUT2D eigenvalue weighted by atomic mass is 9.96. The number of rotatable bonds is 7. The number of carbonyl (C=O) groups excluding carboxylic acids is 1. The third-order valence-corrected chi connectivity index (χ3v) is 3.61. The van der Waals surface area contributed by atoms with Crippen molar-refractivity contribution in [3.05, 3.63) is 71.3 Å². The van der Waals surface area contributed by atoms with Crippen molar-refractivity contribution in [1.82, 2.24) is 0 Å². The third-order valence-electron chi connectivity index (χ3n) is 3.61. The quantitative estimate of drug-likeness (QED) is 0.637. The van der Waals surface area contributed by atoms with Gasteiger partial charge in [0, 0.05) is 11.1 Å². The number of hydrogen-bond acceptors (Lipinski definition) is 4. The van der Waals surface area contributed by atoms with E-state index >= 15 is 0 Å². The first-order valence-corrected chi connectivity index (χ1v) is 8.08. The molecular formula is C20H20O7. The standard InChI is InChI=1S/C16H14O3.C4H6O4/c1-11(16(18)19)13-8-5-9-14(10-13)15(17)12-6-3-2-4-7-12;5-3(6)1-2-4(7)8/h2-11H,1H3,(H,18,19);1-2H2,(H,5,6)(H,7,8). The van der Waals surface area contributed by atoms with Gasteiger partial charge in [0.05, 0.1) is 18.8 Å². The number of carboxylic acids is 3. The normalized spacial score (nSPS) is 10.9. The van der Waals surface area contributed by atoms with Crippen molar-refractivity contribution < 1.29 is 34.5 Å². The van der Waals surface area contributed by atoms with Gasteiger partial charge >= 0.3 is 17.9 Å². The first kappa shape index (κ1) is 21.6. The van der Waals surface area contributed by atoms with E-state index in [-0.39, 0.29) is 18.6 Å². The van der Waals surface area contributed by atoms with Crippen LogP contribution in [0.3, 0.4) is 0 Å².